The Kier molecular flexibility index (Phi) is 2.63. The van der Waals surface area contributed by atoms with Crippen molar-refractivity contribution < 1.29 is 9.90 Å². The molecule has 1 rings (SSSR count). The van der Waals surface area contributed by atoms with Gasteiger partial charge in [-0.3, -0.25) is 9.78 Å². The molecular weight excluding hydrogens is 168 g/mol. The van der Waals surface area contributed by atoms with Gasteiger partial charge in [-0.2, -0.15) is 0 Å². The molecule has 3 N–H and O–H groups in total. The molecule has 13 heavy (non-hydrogen) atoms. The molecule has 0 saturated heterocycles. The molecule has 0 aliphatic carbocycles. The third kappa shape index (κ3) is 2.52. The van der Waals surface area contributed by atoms with Gasteiger partial charge < -0.3 is 10.8 Å². The van der Waals surface area contributed by atoms with E-state index in [1.54, 1.807) is 24.5 Å². The van der Waals surface area contributed by atoms with Gasteiger partial charge in [-0.1, -0.05) is 0 Å². The topological polar surface area (TPSA) is 76.2 Å². The number of hydrogen-bond donors (Lipinski definition) is 2. The van der Waals surface area contributed by atoms with E-state index in [0.29, 0.717) is 6.42 Å². The Bertz CT molecular complexity index is 296. The summed E-state index contributed by atoms with van der Waals surface area (Å²) in [6.07, 6.45) is 3.55. The number of pyridine rings is 1. The van der Waals surface area contributed by atoms with Crippen molar-refractivity contribution in [1.29, 1.82) is 0 Å². The normalized spacial score (nSPS) is 14.9. The number of nitrogens with two attached hydrogens (primary N) is 1. The summed E-state index contributed by atoms with van der Waals surface area (Å²) in [5.41, 5.74) is 5.24. The highest BCUT2D eigenvalue weighted by Gasteiger charge is 2.27. The molecule has 0 aliphatic rings. The zero-order chi connectivity index (χ0) is 9.90. The maximum absolute atomic E-state index is 10.7. The average Bonchev–Trinajstić information content (AvgIpc) is 2.05. The van der Waals surface area contributed by atoms with Crippen LogP contribution in [0.3, 0.4) is 0 Å². The van der Waals surface area contributed by atoms with Crippen molar-refractivity contribution in [2.75, 3.05) is 0 Å². The molecule has 0 radical (unpaired) electrons. The lowest BCUT2D eigenvalue weighted by atomic mass is 9.95. The summed E-state index contributed by atoms with van der Waals surface area (Å²) < 4.78 is 0. The van der Waals surface area contributed by atoms with Gasteiger partial charge in [-0.05, 0) is 24.6 Å². The Morgan fingerprint density at radius 3 is 2.62 bits per heavy atom. The summed E-state index contributed by atoms with van der Waals surface area (Å²) in [5, 5.41) is 8.76. The van der Waals surface area contributed by atoms with Gasteiger partial charge in [-0.25, -0.2) is 0 Å². The average molecular weight is 180 g/mol. The first kappa shape index (κ1) is 9.67. The fraction of sp³-hybridized carbons (Fsp3) is 0.333. The maximum Gasteiger partial charge on any atom is 0.323 e. The molecule has 0 aromatic carbocycles. The van der Waals surface area contributed by atoms with E-state index in [9.17, 15) is 4.79 Å². The van der Waals surface area contributed by atoms with E-state index in [0.717, 1.165) is 5.56 Å². The van der Waals surface area contributed by atoms with Crippen molar-refractivity contribution in [3.05, 3.63) is 30.1 Å². The number of hydrogen-bond acceptors (Lipinski definition) is 3. The number of carboxylic acid groups (broad SMARTS) is 1. The number of nitrogens with zero attached hydrogens (tertiary/aromatic N) is 1. The predicted octanol–water partition coefficient (Wildman–Crippen LogP) is 0.426. The molecule has 0 bridgehead atoms. The standard InChI is InChI=1S/C9H12N2O2/c1-9(10,8(12)13)6-7-2-4-11-5-3-7/h2-5H,6,10H2,1H3,(H,12,13)/t9-/m1/s1. The summed E-state index contributed by atoms with van der Waals surface area (Å²) in [6.45, 7) is 1.50. The molecule has 70 valence electrons. The Hall–Kier alpha value is -1.42. The molecular formula is C9H12N2O2. The second kappa shape index (κ2) is 3.53. The molecule has 1 heterocycles. The molecule has 1 atom stereocenters. The smallest absolute Gasteiger partial charge is 0.323 e. The van der Waals surface area contributed by atoms with Crippen molar-refractivity contribution in [1.82, 2.24) is 4.98 Å². The van der Waals surface area contributed by atoms with Crippen molar-refractivity contribution in [3.63, 3.8) is 0 Å². The summed E-state index contributed by atoms with van der Waals surface area (Å²) in [7, 11) is 0. The van der Waals surface area contributed by atoms with Gasteiger partial charge in [0.2, 0.25) is 0 Å². The van der Waals surface area contributed by atoms with Gasteiger partial charge in [0.25, 0.3) is 0 Å². The van der Waals surface area contributed by atoms with E-state index in [4.69, 9.17) is 10.8 Å². The SMILES string of the molecule is C[C@@](N)(Cc1ccncc1)C(=O)O. The lowest BCUT2D eigenvalue weighted by Gasteiger charge is -2.18. The third-order valence-electron chi connectivity index (χ3n) is 1.81. The van der Waals surface area contributed by atoms with Crippen LogP contribution in [0.1, 0.15) is 12.5 Å². The molecule has 1 aromatic rings. The number of aliphatic carboxylic acids is 1. The monoisotopic (exact) mass is 180 g/mol. The molecule has 1 aromatic heterocycles. The van der Waals surface area contributed by atoms with Gasteiger partial charge in [0.1, 0.15) is 5.54 Å². The minimum atomic E-state index is -1.21. The van der Waals surface area contributed by atoms with Gasteiger partial charge in [0, 0.05) is 18.8 Å². The molecule has 0 unspecified atom stereocenters. The molecule has 0 aliphatic heterocycles. The fourth-order valence-corrected chi connectivity index (χ4v) is 1.00. The maximum atomic E-state index is 10.7. The first-order valence-corrected chi connectivity index (χ1v) is 3.93. The number of aromatic nitrogens is 1. The number of rotatable bonds is 3. The summed E-state index contributed by atoms with van der Waals surface area (Å²) in [6, 6.07) is 3.52. The van der Waals surface area contributed by atoms with E-state index < -0.39 is 11.5 Å². The van der Waals surface area contributed by atoms with Crippen LogP contribution in [0.15, 0.2) is 24.5 Å². The van der Waals surface area contributed by atoms with Gasteiger partial charge in [0.15, 0.2) is 0 Å². The third-order valence-corrected chi connectivity index (χ3v) is 1.81. The van der Waals surface area contributed by atoms with E-state index in [1.807, 2.05) is 0 Å². The van der Waals surface area contributed by atoms with Crippen LogP contribution >= 0.6 is 0 Å². The molecule has 4 heteroatoms. The minimum absolute atomic E-state index is 0.310. The van der Waals surface area contributed by atoms with Crippen LogP contribution in [0.4, 0.5) is 0 Å². The van der Waals surface area contributed by atoms with Crippen molar-refractivity contribution in [2.24, 2.45) is 5.73 Å². The van der Waals surface area contributed by atoms with Crippen molar-refractivity contribution in [3.8, 4) is 0 Å². The van der Waals surface area contributed by atoms with E-state index in [2.05, 4.69) is 4.98 Å². The zero-order valence-corrected chi connectivity index (χ0v) is 7.40. The first-order valence-electron chi connectivity index (χ1n) is 3.93. The van der Waals surface area contributed by atoms with Crippen LogP contribution in [0.25, 0.3) is 0 Å². The van der Waals surface area contributed by atoms with Crippen molar-refractivity contribution in [2.45, 2.75) is 18.9 Å². The second-order valence-electron chi connectivity index (χ2n) is 3.25. The molecule has 0 saturated carbocycles. The summed E-state index contributed by atoms with van der Waals surface area (Å²) in [4.78, 5) is 14.5. The van der Waals surface area contributed by atoms with E-state index >= 15 is 0 Å². The first-order chi connectivity index (χ1) is 6.02. The lowest BCUT2D eigenvalue weighted by Crippen LogP contribution is -2.46. The lowest BCUT2D eigenvalue weighted by molar-refractivity contribution is -0.142. The van der Waals surface area contributed by atoms with E-state index in [-0.39, 0.29) is 0 Å². The number of carbonyl (C=O) groups is 1. The summed E-state index contributed by atoms with van der Waals surface area (Å²) >= 11 is 0. The molecule has 0 fully saturated rings. The minimum Gasteiger partial charge on any atom is -0.480 e. The highest BCUT2D eigenvalue weighted by Crippen LogP contribution is 2.09. The predicted molar refractivity (Wildman–Crippen MR) is 48.2 cm³/mol. The number of carboxylic acids is 1. The van der Waals surface area contributed by atoms with Gasteiger partial charge in [0.05, 0.1) is 0 Å². The van der Waals surface area contributed by atoms with Gasteiger partial charge in [-0.15, -0.1) is 0 Å². The molecule has 0 spiro atoms. The van der Waals surface area contributed by atoms with Crippen LogP contribution in [0, 0.1) is 0 Å². The van der Waals surface area contributed by atoms with Gasteiger partial charge >= 0.3 is 5.97 Å². The van der Waals surface area contributed by atoms with Crippen LogP contribution in [0.2, 0.25) is 0 Å². The second-order valence-corrected chi connectivity index (χ2v) is 3.25. The zero-order valence-electron chi connectivity index (χ0n) is 7.40. The Morgan fingerprint density at radius 1 is 1.62 bits per heavy atom. The van der Waals surface area contributed by atoms with Crippen molar-refractivity contribution >= 4 is 5.97 Å². The summed E-state index contributed by atoms with van der Waals surface area (Å²) in [5.74, 6) is -0.996. The molecule has 4 nitrogen and oxygen atoms in total. The highest BCUT2D eigenvalue weighted by molar-refractivity contribution is 5.78. The fourth-order valence-electron chi connectivity index (χ4n) is 1.00. The Morgan fingerprint density at radius 2 is 2.15 bits per heavy atom. The largest absolute Gasteiger partial charge is 0.480 e. The highest BCUT2D eigenvalue weighted by atomic mass is 16.4. The van der Waals surface area contributed by atoms with Crippen LogP contribution in [-0.2, 0) is 11.2 Å². The van der Waals surface area contributed by atoms with E-state index in [1.165, 1.54) is 6.92 Å². The Labute approximate surface area is 76.4 Å². The van der Waals surface area contributed by atoms with Crippen LogP contribution in [-0.4, -0.2) is 21.6 Å². The van der Waals surface area contributed by atoms with Crippen LogP contribution in [0.5, 0.6) is 0 Å². The van der Waals surface area contributed by atoms with Crippen LogP contribution < -0.4 is 5.73 Å². The quantitative estimate of drug-likeness (QED) is 0.707. The molecule has 0 amide bonds. The Balaban J connectivity index is 2.75.